The van der Waals surface area contributed by atoms with Gasteiger partial charge in [0.05, 0.1) is 11.1 Å². The number of anilines is 1. The van der Waals surface area contributed by atoms with Gasteiger partial charge in [-0.1, -0.05) is 30.3 Å². The highest BCUT2D eigenvalue weighted by Crippen LogP contribution is 2.26. The van der Waals surface area contributed by atoms with Crippen molar-refractivity contribution >= 4 is 34.4 Å². The Bertz CT molecular complexity index is 1330. The summed E-state index contributed by atoms with van der Waals surface area (Å²) in [6.45, 7) is -0.0436. The van der Waals surface area contributed by atoms with Crippen molar-refractivity contribution in [2.24, 2.45) is 5.73 Å². The van der Waals surface area contributed by atoms with Crippen LogP contribution in [0.25, 0.3) is 10.9 Å². The molecule has 0 aliphatic heterocycles. The topological polar surface area (TPSA) is 124 Å². The summed E-state index contributed by atoms with van der Waals surface area (Å²) in [4.78, 5) is 35.5. The van der Waals surface area contributed by atoms with Gasteiger partial charge in [-0.15, -0.1) is 0 Å². The maximum atomic E-state index is 12.5. The van der Waals surface area contributed by atoms with Crippen molar-refractivity contribution in [1.29, 1.82) is 0 Å². The van der Waals surface area contributed by atoms with Gasteiger partial charge < -0.3 is 25.5 Å². The largest absolute Gasteiger partial charge is 0.478 e. The van der Waals surface area contributed by atoms with Crippen LogP contribution < -0.4 is 15.8 Å². The number of nitrogens with two attached hydrogens (primary N) is 1. The molecule has 0 aliphatic carbocycles. The van der Waals surface area contributed by atoms with Gasteiger partial charge in [0.1, 0.15) is 18.0 Å². The molecule has 1 aromatic heterocycles. The van der Waals surface area contributed by atoms with Crippen LogP contribution in [0, 0.1) is 0 Å². The van der Waals surface area contributed by atoms with E-state index in [4.69, 9.17) is 10.5 Å². The van der Waals surface area contributed by atoms with Gasteiger partial charge in [0, 0.05) is 22.8 Å². The van der Waals surface area contributed by atoms with Crippen LogP contribution in [-0.2, 0) is 11.3 Å². The molecule has 0 unspecified atom stereocenters. The van der Waals surface area contributed by atoms with E-state index in [0.717, 1.165) is 0 Å². The first kappa shape index (κ1) is 20.7. The number of hydrogen-bond acceptors (Lipinski definition) is 4. The Labute approximate surface area is 182 Å². The van der Waals surface area contributed by atoms with E-state index < -0.39 is 11.9 Å². The summed E-state index contributed by atoms with van der Waals surface area (Å²) in [5, 5.41) is 12.7. The number of carbonyl (C=O) groups excluding carboxylic acids is 2. The summed E-state index contributed by atoms with van der Waals surface area (Å²) in [5.74, 6) is -1.14. The number of amides is 2. The maximum Gasteiger partial charge on any atom is 0.337 e. The molecule has 0 fully saturated rings. The molecule has 0 atom stereocenters. The molecule has 160 valence electrons. The van der Waals surface area contributed by atoms with Crippen LogP contribution >= 0.6 is 0 Å². The van der Waals surface area contributed by atoms with Gasteiger partial charge in [0.25, 0.3) is 5.91 Å². The number of primary amides is 1. The minimum absolute atomic E-state index is 0.0436. The number of aromatic carboxylic acids is 1. The van der Waals surface area contributed by atoms with E-state index in [9.17, 15) is 19.5 Å². The average molecular weight is 429 g/mol. The molecule has 4 aromatic rings. The van der Waals surface area contributed by atoms with Gasteiger partial charge in [0.15, 0.2) is 0 Å². The monoisotopic (exact) mass is 429 g/mol. The third-order valence-corrected chi connectivity index (χ3v) is 4.85. The standard InChI is InChI=1S/C24H19N3O5/c25-23(29)18-6-2-4-8-21(18)32-16-11-9-15(10-12-16)26-22(28)14-27-13-19(24(30)31)17-5-1-3-7-20(17)27/h1-13H,14H2,(H2,25,29)(H,26,28)(H,30,31). The molecule has 3 aromatic carbocycles. The van der Waals surface area contributed by atoms with E-state index >= 15 is 0 Å². The van der Waals surface area contributed by atoms with Crippen molar-refractivity contribution in [3.05, 3.63) is 90.1 Å². The highest BCUT2D eigenvalue weighted by atomic mass is 16.5. The lowest BCUT2D eigenvalue weighted by molar-refractivity contribution is -0.116. The number of nitrogens with one attached hydrogen (secondary N) is 1. The minimum atomic E-state index is -1.05. The van der Waals surface area contributed by atoms with E-state index in [1.807, 2.05) is 0 Å². The number of carbonyl (C=O) groups is 3. The van der Waals surface area contributed by atoms with Gasteiger partial charge in [-0.25, -0.2) is 4.79 Å². The van der Waals surface area contributed by atoms with Crippen LogP contribution in [0.15, 0.2) is 79.0 Å². The third kappa shape index (κ3) is 4.29. The number of carboxylic acid groups (broad SMARTS) is 1. The van der Waals surface area contributed by atoms with E-state index in [2.05, 4.69) is 5.32 Å². The number of rotatable bonds is 7. The number of fused-ring (bicyclic) bond motifs is 1. The molecule has 2 amide bonds. The fraction of sp³-hybridized carbons (Fsp3) is 0.0417. The molecule has 8 nitrogen and oxygen atoms in total. The molecule has 0 saturated heterocycles. The third-order valence-electron chi connectivity index (χ3n) is 4.85. The SMILES string of the molecule is NC(=O)c1ccccc1Oc1ccc(NC(=O)Cn2cc(C(=O)O)c3ccccc32)cc1. The number of para-hydroxylation sites is 2. The molecule has 0 aliphatic rings. The highest BCUT2D eigenvalue weighted by Gasteiger charge is 2.15. The fourth-order valence-electron chi connectivity index (χ4n) is 3.40. The molecular weight excluding hydrogens is 410 g/mol. The Morgan fingerprint density at radius 2 is 1.59 bits per heavy atom. The predicted octanol–water partition coefficient (Wildman–Crippen LogP) is 3.87. The molecule has 4 rings (SSSR count). The first-order valence-corrected chi connectivity index (χ1v) is 9.70. The lowest BCUT2D eigenvalue weighted by atomic mass is 10.2. The maximum absolute atomic E-state index is 12.5. The second-order valence-corrected chi connectivity index (χ2v) is 7.03. The molecule has 0 bridgehead atoms. The second-order valence-electron chi connectivity index (χ2n) is 7.03. The van der Waals surface area contributed by atoms with E-state index in [-0.39, 0.29) is 23.6 Å². The average Bonchev–Trinajstić information content (AvgIpc) is 3.14. The smallest absolute Gasteiger partial charge is 0.337 e. The van der Waals surface area contributed by atoms with Crippen LogP contribution in [0.2, 0.25) is 0 Å². The van der Waals surface area contributed by atoms with Crippen LogP contribution in [-0.4, -0.2) is 27.5 Å². The molecule has 0 saturated carbocycles. The number of aromatic nitrogens is 1. The summed E-state index contributed by atoms with van der Waals surface area (Å²) in [7, 11) is 0. The van der Waals surface area contributed by atoms with Crippen molar-refractivity contribution < 1.29 is 24.2 Å². The van der Waals surface area contributed by atoms with E-state index in [0.29, 0.717) is 28.1 Å². The van der Waals surface area contributed by atoms with Gasteiger partial charge >= 0.3 is 5.97 Å². The first-order chi connectivity index (χ1) is 15.4. The lowest BCUT2D eigenvalue weighted by Crippen LogP contribution is -2.18. The normalized spacial score (nSPS) is 10.6. The number of hydrogen-bond donors (Lipinski definition) is 3. The summed E-state index contributed by atoms with van der Waals surface area (Å²) in [6, 6.07) is 20.3. The zero-order chi connectivity index (χ0) is 22.7. The second kappa shape index (κ2) is 8.65. The molecular formula is C24H19N3O5. The first-order valence-electron chi connectivity index (χ1n) is 9.70. The van der Waals surface area contributed by atoms with Crippen molar-refractivity contribution in [1.82, 2.24) is 4.57 Å². The number of ether oxygens (including phenoxy) is 1. The fourth-order valence-corrected chi connectivity index (χ4v) is 3.40. The van der Waals surface area contributed by atoms with Crippen LogP contribution in [0.3, 0.4) is 0 Å². The Kier molecular flexibility index (Phi) is 5.59. The predicted molar refractivity (Wildman–Crippen MR) is 119 cm³/mol. The highest BCUT2D eigenvalue weighted by molar-refractivity contribution is 6.04. The van der Waals surface area contributed by atoms with Gasteiger partial charge in [0.2, 0.25) is 5.91 Å². The summed E-state index contributed by atoms with van der Waals surface area (Å²) >= 11 is 0. The van der Waals surface area contributed by atoms with Crippen LogP contribution in [0.5, 0.6) is 11.5 Å². The van der Waals surface area contributed by atoms with Crippen molar-refractivity contribution in [3.8, 4) is 11.5 Å². The van der Waals surface area contributed by atoms with Crippen molar-refractivity contribution in [2.75, 3.05) is 5.32 Å². The number of carboxylic acids is 1. The Balaban J connectivity index is 1.46. The summed E-state index contributed by atoms with van der Waals surface area (Å²) in [6.07, 6.45) is 1.46. The van der Waals surface area contributed by atoms with Gasteiger partial charge in [-0.2, -0.15) is 0 Å². The Morgan fingerprint density at radius 1 is 0.906 bits per heavy atom. The van der Waals surface area contributed by atoms with E-state index in [1.54, 1.807) is 77.4 Å². The zero-order valence-corrected chi connectivity index (χ0v) is 16.8. The quantitative estimate of drug-likeness (QED) is 0.411. The Morgan fingerprint density at radius 3 is 2.31 bits per heavy atom. The van der Waals surface area contributed by atoms with Crippen molar-refractivity contribution in [3.63, 3.8) is 0 Å². The minimum Gasteiger partial charge on any atom is -0.478 e. The van der Waals surface area contributed by atoms with Gasteiger partial charge in [-0.05, 0) is 42.5 Å². The summed E-state index contributed by atoms with van der Waals surface area (Å²) < 4.78 is 7.33. The molecule has 0 radical (unpaired) electrons. The van der Waals surface area contributed by atoms with Crippen LogP contribution in [0.1, 0.15) is 20.7 Å². The van der Waals surface area contributed by atoms with Crippen molar-refractivity contribution in [2.45, 2.75) is 6.54 Å². The zero-order valence-electron chi connectivity index (χ0n) is 16.8. The molecule has 1 heterocycles. The number of nitrogens with zero attached hydrogens (tertiary/aromatic N) is 1. The summed E-state index contributed by atoms with van der Waals surface area (Å²) in [5.41, 5.74) is 6.98. The molecule has 0 spiro atoms. The Hall–Kier alpha value is -4.59. The molecule has 32 heavy (non-hydrogen) atoms. The lowest BCUT2D eigenvalue weighted by Gasteiger charge is -2.11. The van der Waals surface area contributed by atoms with E-state index in [1.165, 1.54) is 6.20 Å². The molecule has 4 N–H and O–H groups in total. The van der Waals surface area contributed by atoms with Crippen LogP contribution in [0.4, 0.5) is 5.69 Å². The van der Waals surface area contributed by atoms with Gasteiger partial charge in [-0.3, -0.25) is 9.59 Å². The molecule has 8 heteroatoms. The number of benzene rings is 3.